The monoisotopic (exact) mass is 345 g/mol. The molecule has 0 aliphatic carbocycles. The summed E-state index contributed by atoms with van der Waals surface area (Å²) in [5.41, 5.74) is 6.89. The van der Waals surface area contributed by atoms with E-state index in [0.717, 1.165) is 6.42 Å². The Labute approximate surface area is 146 Å². The summed E-state index contributed by atoms with van der Waals surface area (Å²) in [4.78, 5) is 29.0. The van der Waals surface area contributed by atoms with Crippen molar-refractivity contribution in [3.05, 3.63) is 58.9 Å². The third-order valence-electron chi connectivity index (χ3n) is 3.94. The molecule has 6 heteroatoms. The van der Waals surface area contributed by atoms with Crippen molar-refractivity contribution in [3.63, 3.8) is 0 Å². The van der Waals surface area contributed by atoms with Gasteiger partial charge in [-0.2, -0.15) is 0 Å². The second kappa shape index (κ2) is 8.04. The summed E-state index contributed by atoms with van der Waals surface area (Å²) in [5, 5.41) is 3.13. The van der Waals surface area contributed by atoms with Gasteiger partial charge in [-0.1, -0.05) is 37.9 Å². The van der Waals surface area contributed by atoms with Gasteiger partial charge >= 0.3 is 0 Å². The van der Waals surface area contributed by atoms with Crippen molar-refractivity contribution in [2.75, 3.05) is 5.32 Å². The van der Waals surface area contributed by atoms with Crippen LogP contribution in [0.5, 0.6) is 0 Å². The van der Waals surface area contributed by atoms with Crippen molar-refractivity contribution in [1.82, 2.24) is 4.98 Å². The molecular weight excluding hydrogens is 326 g/mol. The van der Waals surface area contributed by atoms with Gasteiger partial charge in [-0.25, -0.2) is 0 Å². The first kappa shape index (κ1) is 18.1. The van der Waals surface area contributed by atoms with Crippen LogP contribution in [0.15, 0.2) is 42.6 Å². The van der Waals surface area contributed by atoms with E-state index in [-0.39, 0.29) is 28.9 Å². The van der Waals surface area contributed by atoms with E-state index in [0.29, 0.717) is 10.7 Å². The molecule has 3 N–H and O–H groups in total. The van der Waals surface area contributed by atoms with E-state index in [4.69, 9.17) is 17.3 Å². The zero-order chi connectivity index (χ0) is 17.7. The van der Waals surface area contributed by atoms with Crippen LogP contribution >= 0.6 is 11.6 Å². The lowest BCUT2D eigenvalue weighted by Gasteiger charge is -2.19. The average molecular weight is 346 g/mol. The highest BCUT2D eigenvalue weighted by Crippen LogP contribution is 2.23. The molecule has 1 aromatic heterocycles. The van der Waals surface area contributed by atoms with E-state index < -0.39 is 6.04 Å². The molecule has 1 aromatic carbocycles. The summed E-state index contributed by atoms with van der Waals surface area (Å²) in [6.07, 6.45) is 2.32. The molecule has 0 saturated carbocycles. The predicted molar refractivity (Wildman–Crippen MR) is 95.2 cm³/mol. The van der Waals surface area contributed by atoms with E-state index in [1.807, 2.05) is 13.8 Å². The minimum atomic E-state index is -0.650. The molecule has 0 spiro atoms. The fourth-order valence-corrected chi connectivity index (χ4v) is 2.35. The Morgan fingerprint density at radius 3 is 2.67 bits per heavy atom. The lowest BCUT2D eigenvalue weighted by Crippen LogP contribution is -2.40. The van der Waals surface area contributed by atoms with Gasteiger partial charge in [0.05, 0.1) is 11.7 Å². The van der Waals surface area contributed by atoms with Gasteiger partial charge in [-0.15, -0.1) is 0 Å². The van der Waals surface area contributed by atoms with Crippen LogP contribution in [0.2, 0.25) is 5.02 Å². The number of halogens is 1. The third kappa shape index (κ3) is 4.19. The topological polar surface area (TPSA) is 85.1 Å². The molecule has 2 atom stereocenters. The van der Waals surface area contributed by atoms with E-state index in [1.165, 1.54) is 12.3 Å². The first-order valence-corrected chi connectivity index (χ1v) is 8.13. The number of nitrogens with two attached hydrogens (primary N) is 1. The maximum atomic E-state index is 12.7. The molecule has 5 nitrogen and oxygen atoms in total. The SMILES string of the molecule is CC[C@H](C)[C@H](N)C(=O)Nc1ccc(Cl)cc1C(=O)c1ccccn1. The van der Waals surface area contributed by atoms with Crippen molar-refractivity contribution in [3.8, 4) is 0 Å². The Kier molecular flexibility index (Phi) is 6.06. The Morgan fingerprint density at radius 2 is 2.04 bits per heavy atom. The molecule has 0 bridgehead atoms. The minimum absolute atomic E-state index is 0.0345. The fraction of sp³-hybridized carbons (Fsp3) is 0.278. The molecule has 0 fully saturated rings. The van der Waals surface area contributed by atoms with Gasteiger partial charge < -0.3 is 11.1 Å². The number of benzene rings is 1. The number of nitrogens with one attached hydrogen (secondary N) is 1. The van der Waals surface area contributed by atoms with Crippen molar-refractivity contribution in [1.29, 1.82) is 0 Å². The normalized spacial score (nSPS) is 13.2. The van der Waals surface area contributed by atoms with Gasteiger partial charge in [-0.05, 0) is 36.2 Å². The molecule has 2 rings (SSSR count). The van der Waals surface area contributed by atoms with Crippen LogP contribution in [-0.2, 0) is 4.79 Å². The van der Waals surface area contributed by atoms with E-state index in [1.54, 1.807) is 30.3 Å². The Bertz CT molecular complexity index is 734. The number of nitrogens with zero attached hydrogens (tertiary/aromatic N) is 1. The number of ketones is 1. The first-order chi connectivity index (χ1) is 11.4. The van der Waals surface area contributed by atoms with Crippen LogP contribution in [-0.4, -0.2) is 22.7 Å². The lowest BCUT2D eigenvalue weighted by atomic mass is 9.99. The van der Waals surface area contributed by atoms with E-state index in [9.17, 15) is 9.59 Å². The molecule has 1 amide bonds. The molecule has 1 heterocycles. The largest absolute Gasteiger partial charge is 0.324 e. The summed E-state index contributed by atoms with van der Waals surface area (Å²) in [5.74, 6) is -0.612. The average Bonchev–Trinajstić information content (AvgIpc) is 2.61. The first-order valence-electron chi connectivity index (χ1n) is 7.75. The molecule has 24 heavy (non-hydrogen) atoms. The van der Waals surface area contributed by atoms with Crippen molar-refractivity contribution < 1.29 is 9.59 Å². The van der Waals surface area contributed by atoms with Gasteiger partial charge in [-0.3, -0.25) is 14.6 Å². The molecule has 0 saturated heterocycles. The number of carbonyl (C=O) groups is 2. The highest BCUT2D eigenvalue weighted by atomic mass is 35.5. The zero-order valence-electron chi connectivity index (χ0n) is 13.6. The third-order valence-corrected chi connectivity index (χ3v) is 4.18. The number of hydrogen-bond acceptors (Lipinski definition) is 4. The lowest BCUT2D eigenvalue weighted by molar-refractivity contribution is -0.118. The zero-order valence-corrected chi connectivity index (χ0v) is 14.4. The number of amides is 1. The second-order valence-corrected chi connectivity index (χ2v) is 6.07. The predicted octanol–water partition coefficient (Wildman–Crippen LogP) is 3.28. The number of rotatable bonds is 6. The summed E-state index contributed by atoms with van der Waals surface area (Å²) in [7, 11) is 0. The minimum Gasteiger partial charge on any atom is -0.324 e. The molecule has 2 aromatic rings. The smallest absolute Gasteiger partial charge is 0.241 e. The van der Waals surface area contributed by atoms with Crippen LogP contribution in [0.3, 0.4) is 0 Å². The Hall–Kier alpha value is -2.24. The number of carbonyl (C=O) groups excluding carboxylic acids is 2. The number of aromatic nitrogens is 1. The fourth-order valence-electron chi connectivity index (χ4n) is 2.18. The van der Waals surface area contributed by atoms with Gasteiger partial charge in [0.1, 0.15) is 5.69 Å². The van der Waals surface area contributed by atoms with Crippen LogP contribution in [0.4, 0.5) is 5.69 Å². The van der Waals surface area contributed by atoms with Crippen LogP contribution in [0, 0.1) is 5.92 Å². The standard InChI is InChI=1S/C18H20ClN3O2/c1-3-11(2)16(20)18(24)22-14-8-7-12(19)10-13(14)17(23)15-6-4-5-9-21-15/h4-11,16H,3,20H2,1-2H3,(H,22,24)/t11-,16-/m0/s1. The molecule has 0 unspecified atom stereocenters. The van der Waals surface area contributed by atoms with E-state index >= 15 is 0 Å². The van der Waals surface area contributed by atoms with Crippen molar-refractivity contribution >= 4 is 29.0 Å². The molecule has 0 aliphatic heterocycles. The van der Waals surface area contributed by atoms with Gasteiger partial charge in [0.2, 0.25) is 11.7 Å². The van der Waals surface area contributed by atoms with Crippen molar-refractivity contribution in [2.24, 2.45) is 11.7 Å². The summed E-state index contributed by atoms with van der Waals surface area (Å²) < 4.78 is 0. The van der Waals surface area contributed by atoms with Gasteiger partial charge in [0.15, 0.2) is 0 Å². The van der Waals surface area contributed by atoms with Gasteiger partial charge in [0, 0.05) is 16.8 Å². The summed E-state index contributed by atoms with van der Waals surface area (Å²) >= 11 is 6.01. The van der Waals surface area contributed by atoms with Crippen LogP contribution < -0.4 is 11.1 Å². The molecular formula is C18H20ClN3O2. The number of pyridine rings is 1. The molecule has 0 radical (unpaired) electrons. The maximum absolute atomic E-state index is 12.7. The Morgan fingerprint density at radius 1 is 1.29 bits per heavy atom. The summed E-state index contributed by atoms with van der Waals surface area (Å²) in [6.45, 7) is 3.88. The molecule has 0 aliphatic rings. The summed E-state index contributed by atoms with van der Waals surface area (Å²) in [6, 6.07) is 9.14. The number of anilines is 1. The highest BCUT2D eigenvalue weighted by molar-refractivity contribution is 6.31. The number of hydrogen-bond donors (Lipinski definition) is 2. The van der Waals surface area contributed by atoms with Crippen LogP contribution in [0.1, 0.15) is 36.3 Å². The van der Waals surface area contributed by atoms with Gasteiger partial charge in [0.25, 0.3) is 0 Å². The van der Waals surface area contributed by atoms with E-state index in [2.05, 4.69) is 10.3 Å². The maximum Gasteiger partial charge on any atom is 0.241 e. The Balaban J connectivity index is 2.32. The second-order valence-electron chi connectivity index (χ2n) is 5.63. The quantitative estimate of drug-likeness (QED) is 0.787. The van der Waals surface area contributed by atoms with Crippen LogP contribution in [0.25, 0.3) is 0 Å². The van der Waals surface area contributed by atoms with Crippen molar-refractivity contribution in [2.45, 2.75) is 26.3 Å². The molecule has 126 valence electrons. The highest BCUT2D eigenvalue weighted by Gasteiger charge is 2.22.